The number of ether oxygens (including phenoxy) is 1. The summed E-state index contributed by atoms with van der Waals surface area (Å²) in [6.07, 6.45) is 1.83. The summed E-state index contributed by atoms with van der Waals surface area (Å²) in [6, 6.07) is 12.1. The standard InChI is InChI=1S/C24H29N3O5S/c1-16-13-19-14-20(10-11-22(19)27(16)17(2)28)33(30,31)26-12-6-7-18(15-26)24(29)25-21-8-4-5-9-23(21)32-3/h4-5,8-11,14,16,18H,6-7,12-13,15H2,1-3H3,(H,25,29)/t16-,18+/m1/s1. The molecule has 1 saturated heterocycles. The van der Waals surface area contributed by atoms with Gasteiger partial charge < -0.3 is 15.0 Å². The van der Waals surface area contributed by atoms with Gasteiger partial charge in [-0.15, -0.1) is 0 Å². The Morgan fingerprint density at radius 2 is 1.91 bits per heavy atom. The van der Waals surface area contributed by atoms with E-state index in [4.69, 9.17) is 4.74 Å². The molecule has 2 heterocycles. The summed E-state index contributed by atoms with van der Waals surface area (Å²) in [5.74, 6) is -0.185. The molecular formula is C24H29N3O5S. The van der Waals surface area contributed by atoms with Crippen LogP contribution in [-0.2, 0) is 26.0 Å². The topological polar surface area (TPSA) is 96.0 Å². The van der Waals surface area contributed by atoms with Crippen molar-refractivity contribution in [2.24, 2.45) is 5.92 Å². The van der Waals surface area contributed by atoms with Gasteiger partial charge in [0.2, 0.25) is 21.8 Å². The Morgan fingerprint density at radius 3 is 2.64 bits per heavy atom. The summed E-state index contributed by atoms with van der Waals surface area (Å²) in [5, 5.41) is 2.87. The number of nitrogens with one attached hydrogen (secondary N) is 1. The SMILES string of the molecule is COc1ccccc1NC(=O)[C@H]1CCCN(S(=O)(=O)c2ccc3c(c2)C[C@@H](C)N3C(C)=O)C1. The first-order valence-corrected chi connectivity index (χ1v) is 12.5. The van der Waals surface area contributed by atoms with E-state index >= 15 is 0 Å². The molecule has 33 heavy (non-hydrogen) atoms. The predicted octanol–water partition coefficient (Wildman–Crippen LogP) is 3.03. The van der Waals surface area contributed by atoms with Gasteiger partial charge >= 0.3 is 0 Å². The minimum atomic E-state index is -3.77. The number of rotatable bonds is 5. The molecule has 2 aliphatic heterocycles. The molecule has 9 heteroatoms. The van der Waals surface area contributed by atoms with Crippen LogP contribution in [0.2, 0.25) is 0 Å². The molecule has 0 radical (unpaired) electrons. The lowest BCUT2D eigenvalue weighted by atomic mass is 9.98. The van der Waals surface area contributed by atoms with Crippen molar-refractivity contribution in [2.45, 2.75) is 44.0 Å². The molecule has 0 aromatic heterocycles. The van der Waals surface area contributed by atoms with Crippen LogP contribution in [0, 0.1) is 5.92 Å². The molecule has 2 aromatic carbocycles. The lowest BCUT2D eigenvalue weighted by Gasteiger charge is -2.31. The lowest BCUT2D eigenvalue weighted by molar-refractivity contribution is -0.121. The predicted molar refractivity (Wildman–Crippen MR) is 126 cm³/mol. The molecule has 176 valence electrons. The number of nitrogens with zero attached hydrogens (tertiary/aromatic N) is 2. The zero-order valence-electron chi connectivity index (χ0n) is 19.1. The number of hydrogen-bond acceptors (Lipinski definition) is 5. The Morgan fingerprint density at radius 1 is 1.15 bits per heavy atom. The van der Waals surface area contributed by atoms with Crippen LogP contribution in [0.25, 0.3) is 0 Å². The van der Waals surface area contributed by atoms with E-state index in [2.05, 4.69) is 5.32 Å². The third kappa shape index (κ3) is 4.47. The van der Waals surface area contributed by atoms with Crippen molar-refractivity contribution in [3.8, 4) is 5.75 Å². The third-order valence-corrected chi connectivity index (χ3v) is 8.22. The molecule has 8 nitrogen and oxygen atoms in total. The third-order valence-electron chi connectivity index (χ3n) is 6.36. The summed E-state index contributed by atoms with van der Waals surface area (Å²) in [7, 11) is -2.23. The maximum Gasteiger partial charge on any atom is 0.243 e. The van der Waals surface area contributed by atoms with E-state index in [0.29, 0.717) is 37.2 Å². The molecular weight excluding hydrogens is 442 g/mol. The first kappa shape index (κ1) is 23.3. The molecule has 0 bridgehead atoms. The summed E-state index contributed by atoms with van der Waals surface area (Å²) >= 11 is 0. The average molecular weight is 472 g/mol. The van der Waals surface area contributed by atoms with Gasteiger partial charge in [-0.05, 0) is 62.1 Å². The van der Waals surface area contributed by atoms with Crippen molar-refractivity contribution in [1.29, 1.82) is 0 Å². The number of amides is 2. The molecule has 0 unspecified atom stereocenters. The highest BCUT2D eigenvalue weighted by Crippen LogP contribution is 2.35. The fraction of sp³-hybridized carbons (Fsp3) is 0.417. The van der Waals surface area contributed by atoms with E-state index in [9.17, 15) is 18.0 Å². The van der Waals surface area contributed by atoms with Gasteiger partial charge in [0.25, 0.3) is 0 Å². The summed E-state index contributed by atoms with van der Waals surface area (Å²) in [6.45, 7) is 3.95. The van der Waals surface area contributed by atoms with Crippen LogP contribution in [0.5, 0.6) is 5.75 Å². The van der Waals surface area contributed by atoms with Gasteiger partial charge in [-0.25, -0.2) is 8.42 Å². The maximum absolute atomic E-state index is 13.4. The van der Waals surface area contributed by atoms with E-state index < -0.39 is 15.9 Å². The number of para-hydroxylation sites is 2. The van der Waals surface area contributed by atoms with E-state index in [1.807, 2.05) is 13.0 Å². The monoisotopic (exact) mass is 471 g/mol. The van der Waals surface area contributed by atoms with Crippen molar-refractivity contribution in [3.63, 3.8) is 0 Å². The van der Waals surface area contributed by atoms with Gasteiger partial charge in [0.15, 0.2) is 0 Å². The normalized spacial score (nSPS) is 20.9. The van der Waals surface area contributed by atoms with Gasteiger partial charge in [0, 0.05) is 31.7 Å². The molecule has 2 aromatic rings. The second kappa shape index (κ2) is 9.15. The lowest BCUT2D eigenvalue weighted by Crippen LogP contribution is -2.43. The van der Waals surface area contributed by atoms with Crippen molar-refractivity contribution in [3.05, 3.63) is 48.0 Å². The minimum absolute atomic E-state index is 0.00602. The summed E-state index contributed by atoms with van der Waals surface area (Å²) < 4.78 is 33.5. The highest BCUT2D eigenvalue weighted by atomic mass is 32.2. The Labute approximate surface area is 194 Å². The number of carbonyl (C=O) groups is 2. The molecule has 0 saturated carbocycles. The Balaban J connectivity index is 1.52. The number of fused-ring (bicyclic) bond motifs is 1. The Kier molecular flexibility index (Phi) is 6.45. The van der Waals surface area contributed by atoms with E-state index in [0.717, 1.165) is 11.3 Å². The van der Waals surface area contributed by atoms with Crippen molar-refractivity contribution < 1.29 is 22.7 Å². The van der Waals surface area contributed by atoms with Crippen LogP contribution >= 0.6 is 0 Å². The average Bonchev–Trinajstić information content (AvgIpc) is 3.14. The summed E-state index contributed by atoms with van der Waals surface area (Å²) in [4.78, 5) is 26.8. The smallest absolute Gasteiger partial charge is 0.243 e. The van der Waals surface area contributed by atoms with E-state index in [1.165, 1.54) is 18.3 Å². The number of benzene rings is 2. The molecule has 2 aliphatic rings. The van der Waals surface area contributed by atoms with Crippen molar-refractivity contribution in [2.75, 3.05) is 30.4 Å². The van der Waals surface area contributed by atoms with Crippen LogP contribution < -0.4 is 15.0 Å². The number of anilines is 2. The Bertz CT molecular complexity index is 1180. The van der Waals surface area contributed by atoms with Gasteiger partial charge in [-0.3, -0.25) is 9.59 Å². The fourth-order valence-electron chi connectivity index (χ4n) is 4.75. The van der Waals surface area contributed by atoms with Gasteiger partial charge in [-0.2, -0.15) is 4.31 Å². The number of piperidine rings is 1. The minimum Gasteiger partial charge on any atom is -0.495 e. The fourth-order valence-corrected chi connectivity index (χ4v) is 6.33. The second-order valence-electron chi connectivity index (χ2n) is 8.62. The number of hydrogen-bond donors (Lipinski definition) is 1. The molecule has 2 amide bonds. The first-order chi connectivity index (χ1) is 15.7. The van der Waals surface area contributed by atoms with Crippen LogP contribution in [0.3, 0.4) is 0 Å². The van der Waals surface area contributed by atoms with Crippen LogP contribution in [0.15, 0.2) is 47.4 Å². The molecule has 2 atom stereocenters. The molecule has 0 aliphatic carbocycles. The Hall–Kier alpha value is -2.91. The summed E-state index contributed by atoms with van der Waals surface area (Å²) in [5.41, 5.74) is 2.18. The van der Waals surface area contributed by atoms with Gasteiger partial charge in [-0.1, -0.05) is 12.1 Å². The number of methoxy groups -OCH3 is 1. The van der Waals surface area contributed by atoms with Crippen LogP contribution in [0.4, 0.5) is 11.4 Å². The number of sulfonamides is 1. The first-order valence-electron chi connectivity index (χ1n) is 11.1. The highest BCUT2D eigenvalue weighted by molar-refractivity contribution is 7.89. The molecule has 1 fully saturated rings. The van der Waals surface area contributed by atoms with Gasteiger partial charge in [0.1, 0.15) is 5.75 Å². The molecule has 4 rings (SSSR count). The zero-order valence-corrected chi connectivity index (χ0v) is 19.9. The van der Waals surface area contributed by atoms with Gasteiger partial charge in [0.05, 0.1) is 23.6 Å². The zero-order chi connectivity index (χ0) is 23.8. The second-order valence-corrected chi connectivity index (χ2v) is 10.6. The van der Waals surface area contributed by atoms with E-state index in [1.54, 1.807) is 41.3 Å². The quantitative estimate of drug-likeness (QED) is 0.723. The highest BCUT2D eigenvalue weighted by Gasteiger charge is 2.35. The van der Waals surface area contributed by atoms with Crippen LogP contribution in [-0.4, -0.2) is 50.8 Å². The van der Waals surface area contributed by atoms with Crippen molar-refractivity contribution in [1.82, 2.24) is 4.31 Å². The number of carbonyl (C=O) groups excluding carboxylic acids is 2. The van der Waals surface area contributed by atoms with Crippen LogP contribution in [0.1, 0.15) is 32.3 Å². The van der Waals surface area contributed by atoms with E-state index in [-0.39, 0.29) is 29.3 Å². The largest absolute Gasteiger partial charge is 0.495 e. The molecule has 0 spiro atoms. The maximum atomic E-state index is 13.4. The van der Waals surface area contributed by atoms with Crippen molar-refractivity contribution >= 4 is 33.2 Å². The molecule has 1 N–H and O–H groups in total.